The average Bonchev–Trinajstić information content (AvgIpc) is 2.75. The van der Waals surface area contributed by atoms with Crippen LogP contribution in [0.3, 0.4) is 0 Å². The number of phenols is 1. The van der Waals surface area contributed by atoms with Crippen molar-refractivity contribution < 1.29 is 23.4 Å². The largest absolute Gasteiger partial charge is 0.503 e. The summed E-state index contributed by atoms with van der Waals surface area (Å²) in [6.07, 6.45) is 1.48. The Kier molecular flexibility index (Phi) is 5.03. The summed E-state index contributed by atoms with van der Waals surface area (Å²) in [5, 5.41) is 9.36. The number of nitrogens with zero attached hydrogens (tertiary/aromatic N) is 3. The molecule has 1 N–H and O–H groups in total. The van der Waals surface area contributed by atoms with Gasteiger partial charge in [-0.2, -0.15) is 9.37 Å². The first-order chi connectivity index (χ1) is 13.6. The van der Waals surface area contributed by atoms with Crippen LogP contribution in [0.2, 0.25) is 0 Å². The molecule has 0 unspecified atom stereocenters. The third-order valence-electron chi connectivity index (χ3n) is 4.38. The van der Waals surface area contributed by atoms with Crippen molar-refractivity contribution in [2.75, 3.05) is 31.2 Å². The Balaban J connectivity index is 1.54. The summed E-state index contributed by atoms with van der Waals surface area (Å²) < 4.78 is 37.8. The van der Waals surface area contributed by atoms with Gasteiger partial charge in [-0.25, -0.2) is 9.37 Å². The van der Waals surface area contributed by atoms with E-state index < -0.39 is 17.4 Å². The molecule has 0 aliphatic carbocycles. The van der Waals surface area contributed by atoms with E-state index >= 15 is 0 Å². The Bertz CT molecular complexity index is 977. The monoisotopic (exact) mass is 385 g/mol. The van der Waals surface area contributed by atoms with Crippen LogP contribution in [0.4, 0.5) is 14.5 Å². The number of aromatic hydroxyl groups is 1. The second-order valence-corrected chi connectivity index (χ2v) is 6.17. The highest BCUT2D eigenvalue weighted by molar-refractivity contribution is 5.61. The van der Waals surface area contributed by atoms with Gasteiger partial charge in [0, 0.05) is 36.6 Å². The van der Waals surface area contributed by atoms with Crippen molar-refractivity contribution >= 4 is 5.69 Å². The second kappa shape index (κ2) is 7.77. The molecule has 0 bridgehead atoms. The van der Waals surface area contributed by atoms with E-state index in [2.05, 4.69) is 14.9 Å². The van der Waals surface area contributed by atoms with Crippen molar-refractivity contribution in [1.29, 1.82) is 0 Å². The van der Waals surface area contributed by atoms with Crippen molar-refractivity contribution in [1.82, 2.24) is 9.97 Å². The molecule has 28 heavy (non-hydrogen) atoms. The van der Waals surface area contributed by atoms with E-state index in [1.807, 2.05) is 24.3 Å². The van der Waals surface area contributed by atoms with Crippen molar-refractivity contribution in [2.24, 2.45) is 0 Å². The quantitative estimate of drug-likeness (QED) is 0.738. The molecule has 4 rings (SSSR count). The van der Waals surface area contributed by atoms with Crippen LogP contribution in [0.1, 0.15) is 0 Å². The molecule has 0 spiro atoms. The van der Waals surface area contributed by atoms with Crippen LogP contribution >= 0.6 is 0 Å². The van der Waals surface area contributed by atoms with Crippen LogP contribution in [0, 0.1) is 11.6 Å². The summed E-state index contributed by atoms with van der Waals surface area (Å²) in [6, 6.07) is 11.2. The Morgan fingerprint density at radius 1 is 1.00 bits per heavy atom. The van der Waals surface area contributed by atoms with E-state index in [1.54, 1.807) is 0 Å². The van der Waals surface area contributed by atoms with E-state index in [9.17, 15) is 13.9 Å². The summed E-state index contributed by atoms with van der Waals surface area (Å²) in [5.41, 5.74) is 1.85. The van der Waals surface area contributed by atoms with Gasteiger partial charge in [-0.3, -0.25) is 0 Å². The molecular weight excluding hydrogens is 368 g/mol. The first kappa shape index (κ1) is 18.1. The summed E-state index contributed by atoms with van der Waals surface area (Å²) >= 11 is 0. The number of aromatic nitrogens is 2. The average molecular weight is 385 g/mol. The van der Waals surface area contributed by atoms with Crippen LogP contribution in [-0.2, 0) is 4.74 Å². The van der Waals surface area contributed by atoms with Crippen LogP contribution in [-0.4, -0.2) is 41.4 Å². The third-order valence-corrected chi connectivity index (χ3v) is 4.38. The SMILES string of the molecule is Oc1c(F)ccc(Oc2ccnc(-c3ccc(N4CCOCC4)cc3)n2)c1F. The zero-order chi connectivity index (χ0) is 19.5. The van der Waals surface area contributed by atoms with E-state index in [1.165, 1.54) is 12.3 Å². The second-order valence-electron chi connectivity index (χ2n) is 6.17. The molecule has 8 heteroatoms. The van der Waals surface area contributed by atoms with Crippen LogP contribution in [0.15, 0.2) is 48.7 Å². The molecule has 1 aliphatic rings. The molecule has 1 fully saturated rings. The molecule has 1 saturated heterocycles. The van der Waals surface area contributed by atoms with Gasteiger partial charge in [0.15, 0.2) is 23.1 Å². The fraction of sp³-hybridized carbons (Fsp3) is 0.200. The maximum Gasteiger partial charge on any atom is 0.222 e. The molecular formula is C20H17F2N3O3. The zero-order valence-corrected chi connectivity index (χ0v) is 14.8. The summed E-state index contributed by atoms with van der Waals surface area (Å²) in [7, 11) is 0. The Morgan fingerprint density at radius 2 is 1.75 bits per heavy atom. The van der Waals surface area contributed by atoms with Gasteiger partial charge in [0.2, 0.25) is 11.7 Å². The molecule has 144 valence electrons. The number of hydrogen-bond acceptors (Lipinski definition) is 6. The number of phenolic OH excluding ortho intramolecular Hbond substituents is 1. The highest BCUT2D eigenvalue weighted by Gasteiger charge is 2.16. The van der Waals surface area contributed by atoms with Gasteiger partial charge in [-0.05, 0) is 36.4 Å². The number of benzene rings is 2. The highest BCUT2D eigenvalue weighted by atomic mass is 19.1. The molecule has 0 amide bonds. The topological polar surface area (TPSA) is 67.7 Å². The molecule has 0 atom stereocenters. The fourth-order valence-electron chi connectivity index (χ4n) is 2.89. The number of ether oxygens (including phenoxy) is 2. The summed E-state index contributed by atoms with van der Waals surface area (Å²) in [5.74, 6) is -3.19. The minimum Gasteiger partial charge on any atom is -0.503 e. The van der Waals surface area contributed by atoms with Gasteiger partial charge in [0.05, 0.1) is 13.2 Å². The van der Waals surface area contributed by atoms with Crippen molar-refractivity contribution in [3.05, 3.63) is 60.3 Å². The highest BCUT2D eigenvalue weighted by Crippen LogP contribution is 2.31. The molecule has 0 saturated carbocycles. The minimum atomic E-state index is -1.19. The Hall–Kier alpha value is -3.26. The maximum absolute atomic E-state index is 13.9. The fourth-order valence-corrected chi connectivity index (χ4v) is 2.89. The minimum absolute atomic E-state index is 0.0761. The van der Waals surface area contributed by atoms with E-state index in [0.717, 1.165) is 36.5 Å². The lowest BCUT2D eigenvalue weighted by Crippen LogP contribution is -2.36. The normalized spacial score (nSPS) is 14.1. The first-order valence-corrected chi connectivity index (χ1v) is 8.73. The lowest BCUT2D eigenvalue weighted by atomic mass is 10.1. The molecule has 1 aliphatic heterocycles. The predicted octanol–water partition coefficient (Wildman–Crippen LogP) is 3.76. The van der Waals surface area contributed by atoms with Crippen LogP contribution in [0.5, 0.6) is 17.4 Å². The number of rotatable bonds is 4. The third kappa shape index (κ3) is 3.72. The molecule has 2 heterocycles. The summed E-state index contributed by atoms with van der Waals surface area (Å²) in [4.78, 5) is 10.7. The molecule has 3 aromatic rings. The standard InChI is InChI=1S/C20H17F2N3O3/c21-15-5-6-16(18(22)19(15)26)28-17-7-8-23-20(24-17)13-1-3-14(4-2-13)25-9-11-27-12-10-25/h1-8,26H,9-12H2. The number of morpholine rings is 1. The number of hydrogen-bond donors (Lipinski definition) is 1. The Labute approximate surface area is 160 Å². The number of anilines is 1. The molecule has 0 radical (unpaired) electrons. The van der Waals surface area contributed by atoms with Gasteiger partial charge < -0.3 is 19.5 Å². The first-order valence-electron chi connectivity index (χ1n) is 8.73. The zero-order valence-electron chi connectivity index (χ0n) is 14.8. The lowest BCUT2D eigenvalue weighted by Gasteiger charge is -2.28. The van der Waals surface area contributed by atoms with E-state index in [-0.39, 0.29) is 11.6 Å². The van der Waals surface area contributed by atoms with Gasteiger partial charge in [-0.1, -0.05) is 0 Å². The van der Waals surface area contributed by atoms with Gasteiger partial charge in [-0.15, -0.1) is 0 Å². The van der Waals surface area contributed by atoms with Gasteiger partial charge in [0.1, 0.15) is 0 Å². The van der Waals surface area contributed by atoms with Gasteiger partial charge in [0.25, 0.3) is 0 Å². The van der Waals surface area contributed by atoms with Crippen molar-refractivity contribution in [3.63, 3.8) is 0 Å². The molecule has 6 nitrogen and oxygen atoms in total. The van der Waals surface area contributed by atoms with Crippen LogP contribution in [0.25, 0.3) is 11.4 Å². The Morgan fingerprint density at radius 3 is 2.50 bits per heavy atom. The van der Waals surface area contributed by atoms with E-state index in [4.69, 9.17) is 9.47 Å². The smallest absolute Gasteiger partial charge is 0.222 e. The van der Waals surface area contributed by atoms with E-state index in [0.29, 0.717) is 19.0 Å². The van der Waals surface area contributed by atoms with Crippen LogP contribution < -0.4 is 9.64 Å². The lowest BCUT2D eigenvalue weighted by molar-refractivity contribution is 0.122. The van der Waals surface area contributed by atoms with Gasteiger partial charge >= 0.3 is 0 Å². The number of halogens is 2. The van der Waals surface area contributed by atoms with Crippen molar-refractivity contribution in [3.8, 4) is 28.8 Å². The maximum atomic E-state index is 13.9. The predicted molar refractivity (Wildman–Crippen MR) is 98.6 cm³/mol. The molecule has 1 aromatic heterocycles. The van der Waals surface area contributed by atoms with Crippen molar-refractivity contribution in [2.45, 2.75) is 0 Å². The summed E-state index contributed by atoms with van der Waals surface area (Å²) in [6.45, 7) is 3.10. The molecule has 2 aromatic carbocycles.